The van der Waals surface area contributed by atoms with Gasteiger partial charge < -0.3 is 5.73 Å². The molecule has 68 valence electrons. The zero-order valence-electron chi connectivity index (χ0n) is 7.01. The van der Waals surface area contributed by atoms with Crippen molar-refractivity contribution >= 4 is 12.4 Å². The smallest absolute Gasteiger partial charge is 0.126 e. The van der Waals surface area contributed by atoms with Gasteiger partial charge in [0, 0.05) is 0 Å². The molecule has 1 aromatic carbocycles. The summed E-state index contributed by atoms with van der Waals surface area (Å²) in [5.74, 6) is -0.147. The average molecular weight is 190 g/mol. The van der Waals surface area contributed by atoms with Crippen molar-refractivity contribution in [3.05, 3.63) is 35.1 Å². The monoisotopic (exact) mass is 189 g/mol. The zero-order chi connectivity index (χ0) is 8.27. The van der Waals surface area contributed by atoms with Crippen LogP contribution in [0.2, 0.25) is 0 Å². The third kappa shape index (κ3) is 2.80. The van der Waals surface area contributed by atoms with E-state index >= 15 is 0 Å². The maximum atomic E-state index is 12.7. The van der Waals surface area contributed by atoms with Gasteiger partial charge in [0.05, 0.1) is 0 Å². The van der Waals surface area contributed by atoms with Crippen LogP contribution in [0.5, 0.6) is 0 Å². The summed E-state index contributed by atoms with van der Waals surface area (Å²) in [4.78, 5) is 0. The predicted octanol–water partition coefficient (Wildman–Crippen LogP) is 2.06. The first-order valence-corrected chi connectivity index (χ1v) is 3.69. The molecule has 2 N–H and O–H groups in total. The van der Waals surface area contributed by atoms with Gasteiger partial charge in [0.1, 0.15) is 5.82 Å². The molecule has 0 amide bonds. The normalized spacial score (nSPS) is 9.25. The fourth-order valence-electron chi connectivity index (χ4n) is 1.03. The minimum atomic E-state index is -0.147. The molecular weight excluding hydrogens is 177 g/mol. The van der Waals surface area contributed by atoms with Gasteiger partial charge in [-0.25, -0.2) is 4.39 Å². The lowest BCUT2D eigenvalue weighted by Crippen LogP contribution is -2.02. The summed E-state index contributed by atoms with van der Waals surface area (Å²) in [7, 11) is 0. The Morgan fingerprint density at radius 2 is 2.08 bits per heavy atom. The second kappa shape index (κ2) is 5.12. The van der Waals surface area contributed by atoms with E-state index in [-0.39, 0.29) is 18.2 Å². The van der Waals surface area contributed by atoms with E-state index in [4.69, 9.17) is 5.73 Å². The molecule has 1 rings (SSSR count). The molecule has 3 heteroatoms. The third-order valence-corrected chi connectivity index (χ3v) is 1.66. The molecule has 1 nitrogen and oxygen atoms in total. The van der Waals surface area contributed by atoms with Crippen molar-refractivity contribution in [3.63, 3.8) is 0 Å². The Kier molecular flexibility index (Phi) is 4.86. The second-order valence-corrected chi connectivity index (χ2v) is 2.62. The maximum Gasteiger partial charge on any atom is 0.126 e. The molecule has 1 aromatic rings. The summed E-state index contributed by atoms with van der Waals surface area (Å²) >= 11 is 0. The largest absolute Gasteiger partial charge is 0.330 e. The van der Waals surface area contributed by atoms with Crippen LogP contribution in [0.4, 0.5) is 4.39 Å². The lowest BCUT2D eigenvalue weighted by Gasteiger charge is -2.00. The Morgan fingerprint density at radius 1 is 1.42 bits per heavy atom. The van der Waals surface area contributed by atoms with Gasteiger partial charge in [-0.15, -0.1) is 12.4 Å². The van der Waals surface area contributed by atoms with Crippen LogP contribution in [-0.4, -0.2) is 6.54 Å². The molecule has 0 fully saturated rings. The number of nitrogens with two attached hydrogens (primary N) is 1. The van der Waals surface area contributed by atoms with E-state index in [1.807, 2.05) is 6.07 Å². The molecule has 0 heterocycles. The van der Waals surface area contributed by atoms with Gasteiger partial charge >= 0.3 is 0 Å². The quantitative estimate of drug-likeness (QED) is 0.758. The lowest BCUT2D eigenvalue weighted by atomic mass is 10.1. The number of hydrogen-bond acceptors (Lipinski definition) is 1. The highest BCUT2D eigenvalue weighted by Crippen LogP contribution is 2.08. The Morgan fingerprint density at radius 3 is 2.58 bits per heavy atom. The van der Waals surface area contributed by atoms with Crippen LogP contribution in [0.25, 0.3) is 0 Å². The van der Waals surface area contributed by atoms with E-state index in [9.17, 15) is 4.39 Å². The molecule has 0 aliphatic carbocycles. The van der Waals surface area contributed by atoms with E-state index in [2.05, 4.69) is 0 Å². The van der Waals surface area contributed by atoms with E-state index < -0.39 is 0 Å². The van der Waals surface area contributed by atoms with Crippen molar-refractivity contribution < 1.29 is 4.39 Å². The van der Waals surface area contributed by atoms with Gasteiger partial charge in [-0.1, -0.05) is 12.1 Å². The minimum Gasteiger partial charge on any atom is -0.330 e. The summed E-state index contributed by atoms with van der Waals surface area (Å²) in [5.41, 5.74) is 7.15. The number of aryl methyl sites for hydroxylation is 1. The van der Waals surface area contributed by atoms with Crippen molar-refractivity contribution in [2.75, 3.05) is 6.54 Å². The van der Waals surface area contributed by atoms with Crippen LogP contribution in [0.1, 0.15) is 11.1 Å². The Hall–Kier alpha value is -0.600. The predicted molar refractivity (Wildman–Crippen MR) is 51.1 cm³/mol. The molecule has 0 bridgehead atoms. The minimum absolute atomic E-state index is 0. The van der Waals surface area contributed by atoms with Gasteiger partial charge in [-0.3, -0.25) is 0 Å². The topological polar surface area (TPSA) is 26.0 Å². The van der Waals surface area contributed by atoms with Crippen molar-refractivity contribution in [1.29, 1.82) is 0 Å². The van der Waals surface area contributed by atoms with E-state index in [1.165, 1.54) is 6.07 Å². The highest BCUT2D eigenvalue weighted by molar-refractivity contribution is 5.85. The van der Waals surface area contributed by atoms with Crippen LogP contribution in [-0.2, 0) is 6.42 Å². The van der Waals surface area contributed by atoms with Gasteiger partial charge in [-0.2, -0.15) is 0 Å². The van der Waals surface area contributed by atoms with Crippen molar-refractivity contribution in [1.82, 2.24) is 0 Å². The lowest BCUT2D eigenvalue weighted by molar-refractivity contribution is 0.617. The van der Waals surface area contributed by atoms with Crippen molar-refractivity contribution in [2.24, 2.45) is 5.73 Å². The number of benzene rings is 1. The van der Waals surface area contributed by atoms with Gasteiger partial charge in [0.2, 0.25) is 0 Å². The first kappa shape index (κ1) is 11.4. The number of rotatable bonds is 2. The summed E-state index contributed by atoms with van der Waals surface area (Å²) in [5, 5.41) is 0. The molecule has 0 spiro atoms. The second-order valence-electron chi connectivity index (χ2n) is 2.62. The first-order chi connectivity index (χ1) is 5.24. The van der Waals surface area contributed by atoms with E-state index in [1.54, 1.807) is 13.0 Å². The van der Waals surface area contributed by atoms with Gasteiger partial charge in [-0.05, 0) is 37.1 Å². The van der Waals surface area contributed by atoms with Crippen molar-refractivity contribution in [2.45, 2.75) is 13.3 Å². The summed E-state index contributed by atoms with van der Waals surface area (Å²) < 4.78 is 12.7. The van der Waals surface area contributed by atoms with Gasteiger partial charge in [0.15, 0.2) is 0 Å². The molecule has 0 unspecified atom stereocenters. The highest BCUT2D eigenvalue weighted by Gasteiger charge is 1.96. The fourth-order valence-corrected chi connectivity index (χ4v) is 1.03. The van der Waals surface area contributed by atoms with Crippen LogP contribution < -0.4 is 5.73 Å². The van der Waals surface area contributed by atoms with E-state index in [0.29, 0.717) is 12.1 Å². The third-order valence-electron chi connectivity index (χ3n) is 1.66. The van der Waals surface area contributed by atoms with Crippen LogP contribution in [0.15, 0.2) is 18.2 Å². The fraction of sp³-hybridized carbons (Fsp3) is 0.333. The average Bonchev–Trinajstić information content (AvgIpc) is 1.98. The molecule has 0 aliphatic rings. The molecule has 12 heavy (non-hydrogen) atoms. The Bertz CT molecular complexity index is 250. The van der Waals surface area contributed by atoms with Gasteiger partial charge in [0.25, 0.3) is 0 Å². The molecule has 0 saturated carbocycles. The Labute approximate surface area is 78.2 Å². The Balaban J connectivity index is 0.00000121. The molecule has 0 atom stereocenters. The standard InChI is InChI=1S/C9H12FN.ClH/c1-7-6-8(4-5-11)2-3-9(7)10;/h2-3,6H,4-5,11H2,1H3;1H. The van der Waals surface area contributed by atoms with E-state index in [0.717, 1.165) is 12.0 Å². The molecular formula is C9H13ClFN. The molecule has 0 aromatic heterocycles. The number of hydrogen-bond donors (Lipinski definition) is 1. The molecule has 0 radical (unpaired) electrons. The summed E-state index contributed by atoms with van der Waals surface area (Å²) in [6.45, 7) is 2.38. The maximum absolute atomic E-state index is 12.7. The number of halogens is 2. The summed E-state index contributed by atoms with van der Waals surface area (Å²) in [6.07, 6.45) is 0.821. The first-order valence-electron chi connectivity index (χ1n) is 3.69. The zero-order valence-corrected chi connectivity index (χ0v) is 7.83. The SMILES string of the molecule is Cc1cc(CCN)ccc1F.Cl. The highest BCUT2D eigenvalue weighted by atomic mass is 35.5. The molecule has 0 saturated heterocycles. The summed E-state index contributed by atoms with van der Waals surface area (Å²) in [6, 6.07) is 5.09. The van der Waals surface area contributed by atoms with Crippen LogP contribution in [0.3, 0.4) is 0 Å². The van der Waals surface area contributed by atoms with Crippen molar-refractivity contribution in [3.8, 4) is 0 Å². The molecule has 0 aliphatic heterocycles. The van der Waals surface area contributed by atoms with Crippen LogP contribution >= 0.6 is 12.4 Å². The van der Waals surface area contributed by atoms with Crippen LogP contribution in [0, 0.1) is 12.7 Å².